The van der Waals surface area contributed by atoms with Crippen LogP contribution in [-0.2, 0) is 10.2 Å². The summed E-state index contributed by atoms with van der Waals surface area (Å²) in [7, 11) is 0. The quantitative estimate of drug-likeness (QED) is 0.777. The van der Waals surface area contributed by atoms with E-state index in [-0.39, 0.29) is 17.4 Å². The zero-order valence-corrected chi connectivity index (χ0v) is 12.6. The Bertz CT molecular complexity index is 495. The first-order chi connectivity index (χ1) is 9.38. The molecule has 1 aromatic rings. The number of nitrogens with one attached hydrogen (secondary N) is 3. The monoisotopic (exact) mass is 277 g/mol. The van der Waals surface area contributed by atoms with Gasteiger partial charge in [0.1, 0.15) is 17.5 Å². The summed E-state index contributed by atoms with van der Waals surface area (Å²) in [6.45, 7) is 9.74. The maximum absolute atomic E-state index is 11.2. The van der Waals surface area contributed by atoms with Crippen molar-refractivity contribution in [3.8, 4) is 0 Å². The van der Waals surface area contributed by atoms with Crippen LogP contribution >= 0.6 is 0 Å². The van der Waals surface area contributed by atoms with E-state index in [1.807, 2.05) is 13.0 Å². The zero-order chi connectivity index (χ0) is 14.8. The van der Waals surface area contributed by atoms with Crippen LogP contribution in [0.4, 0.5) is 11.6 Å². The Morgan fingerprint density at radius 2 is 2.05 bits per heavy atom. The van der Waals surface area contributed by atoms with Gasteiger partial charge in [-0.3, -0.25) is 4.79 Å². The molecule has 2 rings (SSSR count). The summed E-state index contributed by atoms with van der Waals surface area (Å²) in [5.41, 5.74) is -0.119. The van der Waals surface area contributed by atoms with Crippen molar-refractivity contribution in [1.82, 2.24) is 15.3 Å². The lowest BCUT2D eigenvalue weighted by atomic mass is 9.96. The molecule has 110 valence electrons. The van der Waals surface area contributed by atoms with Gasteiger partial charge < -0.3 is 16.0 Å². The number of hydrogen-bond acceptors (Lipinski definition) is 5. The van der Waals surface area contributed by atoms with Gasteiger partial charge in [-0.15, -0.1) is 0 Å². The van der Waals surface area contributed by atoms with Crippen molar-refractivity contribution in [2.24, 2.45) is 0 Å². The molecule has 0 spiro atoms. The Morgan fingerprint density at radius 1 is 1.35 bits per heavy atom. The van der Waals surface area contributed by atoms with Gasteiger partial charge in [0, 0.05) is 31.0 Å². The first-order valence-electron chi connectivity index (χ1n) is 7.05. The maximum atomic E-state index is 11.2. The average Bonchev–Trinajstić information content (AvgIpc) is 2.74. The van der Waals surface area contributed by atoms with E-state index in [1.165, 1.54) is 0 Å². The van der Waals surface area contributed by atoms with Crippen LogP contribution in [0.15, 0.2) is 6.07 Å². The first kappa shape index (κ1) is 14.6. The lowest BCUT2D eigenvalue weighted by Gasteiger charge is -2.20. The largest absolute Gasteiger partial charge is 0.370 e. The lowest BCUT2D eigenvalue weighted by Crippen LogP contribution is -2.25. The second-order valence-electron chi connectivity index (χ2n) is 6.09. The standard InChI is InChI=1S/C14H23N5O/c1-5-15-10-7-11(17-9-6-12(20)16-8-9)19-13(18-10)14(2,3)4/h7,9H,5-6,8H2,1-4H3,(H,16,20)(H2,15,17,18,19). The van der Waals surface area contributed by atoms with Gasteiger partial charge in [-0.2, -0.15) is 0 Å². The van der Waals surface area contributed by atoms with Gasteiger partial charge in [0.05, 0.1) is 6.04 Å². The van der Waals surface area contributed by atoms with E-state index in [9.17, 15) is 4.79 Å². The summed E-state index contributed by atoms with van der Waals surface area (Å²) in [5.74, 6) is 2.45. The molecule has 0 aromatic carbocycles. The molecule has 1 saturated heterocycles. The molecule has 3 N–H and O–H groups in total. The van der Waals surface area contributed by atoms with E-state index >= 15 is 0 Å². The zero-order valence-electron chi connectivity index (χ0n) is 12.6. The number of aromatic nitrogens is 2. The molecule has 1 atom stereocenters. The molecule has 1 aliphatic rings. The first-order valence-corrected chi connectivity index (χ1v) is 7.05. The number of anilines is 2. The van der Waals surface area contributed by atoms with Gasteiger partial charge in [0.2, 0.25) is 5.91 Å². The minimum Gasteiger partial charge on any atom is -0.370 e. The predicted octanol–water partition coefficient (Wildman–Crippen LogP) is 1.51. The van der Waals surface area contributed by atoms with Crippen LogP contribution in [0.2, 0.25) is 0 Å². The summed E-state index contributed by atoms with van der Waals surface area (Å²) >= 11 is 0. The molecule has 20 heavy (non-hydrogen) atoms. The molecule has 0 saturated carbocycles. The number of rotatable bonds is 4. The van der Waals surface area contributed by atoms with Crippen molar-refractivity contribution in [2.75, 3.05) is 23.7 Å². The SMILES string of the molecule is CCNc1cc(NC2CNC(=O)C2)nc(C(C)(C)C)n1. The molecule has 1 unspecified atom stereocenters. The van der Waals surface area contributed by atoms with Crippen LogP contribution < -0.4 is 16.0 Å². The summed E-state index contributed by atoms with van der Waals surface area (Å²) in [6, 6.07) is 1.99. The fraction of sp³-hybridized carbons (Fsp3) is 0.643. The van der Waals surface area contributed by atoms with Crippen molar-refractivity contribution in [2.45, 2.75) is 45.6 Å². The average molecular weight is 277 g/mol. The van der Waals surface area contributed by atoms with E-state index in [0.717, 1.165) is 24.0 Å². The number of nitrogens with zero attached hydrogens (tertiary/aromatic N) is 2. The second-order valence-corrected chi connectivity index (χ2v) is 6.09. The number of carbonyl (C=O) groups excluding carboxylic acids is 1. The van der Waals surface area contributed by atoms with Crippen LogP contribution in [-0.4, -0.2) is 35.0 Å². The minimum atomic E-state index is -0.119. The Hall–Kier alpha value is -1.85. The molecule has 6 heteroatoms. The molecular weight excluding hydrogens is 254 g/mol. The molecule has 2 heterocycles. The molecule has 6 nitrogen and oxygen atoms in total. The maximum Gasteiger partial charge on any atom is 0.222 e. The van der Waals surface area contributed by atoms with Crippen LogP contribution in [0.3, 0.4) is 0 Å². The second kappa shape index (κ2) is 5.64. The Kier molecular flexibility index (Phi) is 4.11. The van der Waals surface area contributed by atoms with E-state index in [4.69, 9.17) is 0 Å². The molecule has 1 aliphatic heterocycles. The molecular formula is C14H23N5O. The Balaban J connectivity index is 2.22. The third kappa shape index (κ3) is 3.59. The molecule has 1 amide bonds. The fourth-order valence-electron chi connectivity index (χ4n) is 2.04. The summed E-state index contributed by atoms with van der Waals surface area (Å²) in [6.07, 6.45) is 0.491. The van der Waals surface area contributed by atoms with Gasteiger partial charge in [0.15, 0.2) is 0 Å². The van der Waals surface area contributed by atoms with Crippen LogP contribution in [0.1, 0.15) is 39.9 Å². The van der Waals surface area contributed by atoms with Crippen LogP contribution in [0.25, 0.3) is 0 Å². The smallest absolute Gasteiger partial charge is 0.222 e. The van der Waals surface area contributed by atoms with Gasteiger partial charge in [-0.05, 0) is 6.92 Å². The lowest BCUT2D eigenvalue weighted by molar-refractivity contribution is -0.119. The minimum absolute atomic E-state index is 0.0829. The van der Waals surface area contributed by atoms with Crippen molar-refractivity contribution in [3.05, 3.63) is 11.9 Å². The van der Waals surface area contributed by atoms with Gasteiger partial charge in [-0.25, -0.2) is 9.97 Å². The van der Waals surface area contributed by atoms with Crippen molar-refractivity contribution in [1.29, 1.82) is 0 Å². The van der Waals surface area contributed by atoms with Crippen molar-refractivity contribution < 1.29 is 4.79 Å². The summed E-state index contributed by atoms with van der Waals surface area (Å²) in [4.78, 5) is 20.4. The number of amides is 1. The van der Waals surface area contributed by atoms with Crippen molar-refractivity contribution in [3.63, 3.8) is 0 Å². The fourth-order valence-corrected chi connectivity index (χ4v) is 2.04. The molecule has 1 fully saturated rings. The van der Waals surface area contributed by atoms with Crippen molar-refractivity contribution >= 4 is 17.5 Å². The highest BCUT2D eigenvalue weighted by Gasteiger charge is 2.23. The third-order valence-corrected chi connectivity index (χ3v) is 3.08. The predicted molar refractivity (Wildman–Crippen MR) is 79.9 cm³/mol. The van der Waals surface area contributed by atoms with Gasteiger partial charge in [-0.1, -0.05) is 20.8 Å². The van der Waals surface area contributed by atoms with Gasteiger partial charge >= 0.3 is 0 Å². The summed E-state index contributed by atoms with van der Waals surface area (Å²) < 4.78 is 0. The molecule has 0 bridgehead atoms. The Labute approximate surface area is 119 Å². The molecule has 0 radical (unpaired) electrons. The summed E-state index contributed by atoms with van der Waals surface area (Å²) in [5, 5.41) is 9.34. The van der Waals surface area contributed by atoms with E-state index < -0.39 is 0 Å². The van der Waals surface area contributed by atoms with Crippen LogP contribution in [0, 0.1) is 0 Å². The van der Waals surface area contributed by atoms with E-state index in [1.54, 1.807) is 0 Å². The third-order valence-electron chi connectivity index (χ3n) is 3.08. The number of carbonyl (C=O) groups is 1. The Morgan fingerprint density at radius 3 is 2.60 bits per heavy atom. The topological polar surface area (TPSA) is 78.9 Å². The number of hydrogen-bond donors (Lipinski definition) is 3. The van der Waals surface area contributed by atoms with E-state index in [0.29, 0.717) is 13.0 Å². The van der Waals surface area contributed by atoms with Gasteiger partial charge in [0.25, 0.3) is 0 Å². The normalized spacial score (nSPS) is 18.8. The van der Waals surface area contributed by atoms with E-state index in [2.05, 4.69) is 46.7 Å². The van der Waals surface area contributed by atoms with Crippen LogP contribution in [0.5, 0.6) is 0 Å². The highest BCUT2D eigenvalue weighted by Crippen LogP contribution is 2.23. The molecule has 1 aromatic heterocycles. The molecule has 0 aliphatic carbocycles. The highest BCUT2D eigenvalue weighted by atomic mass is 16.1. The highest BCUT2D eigenvalue weighted by molar-refractivity contribution is 5.79.